The minimum Gasteiger partial charge on any atom is -0.353 e. The van der Waals surface area contributed by atoms with E-state index in [4.69, 9.17) is 0 Å². The molecule has 0 atom stereocenters. The number of nitrogens with one attached hydrogen (secondary N) is 2. The molecule has 2 rings (SSSR count). The Morgan fingerprint density at radius 3 is 2.74 bits per heavy atom. The molecule has 0 bridgehead atoms. The molecule has 0 fully saturated rings. The van der Waals surface area contributed by atoms with Crippen molar-refractivity contribution in [3.63, 3.8) is 0 Å². The molecular weight excluding hydrogens is 238 g/mol. The molecule has 2 N–H and O–H groups in total. The van der Waals surface area contributed by atoms with Crippen molar-refractivity contribution in [1.29, 1.82) is 0 Å². The van der Waals surface area contributed by atoms with E-state index in [9.17, 15) is 0 Å². The lowest BCUT2D eigenvalue weighted by atomic mass is 10.1. The highest BCUT2D eigenvalue weighted by molar-refractivity contribution is 5.57. The summed E-state index contributed by atoms with van der Waals surface area (Å²) in [5.74, 6) is 1.24. The summed E-state index contributed by atoms with van der Waals surface area (Å²) in [6.07, 6.45) is 2.64. The fraction of sp³-hybridized carbons (Fsp3) is 0.357. The van der Waals surface area contributed by atoms with Gasteiger partial charge in [-0.2, -0.15) is 10.1 Å². The quantitative estimate of drug-likeness (QED) is 0.862. The maximum atomic E-state index is 4.36. The fourth-order valence-corrected chi connectivity index (χ4v) is 1.64. The summed E-state index contributed by atoms with van der Waals surface area (Å²) in [6, 6.07) is 6.21. The van der Waals surface area contributed by atoms with Crippen LogP contribution in [-0.2, 0) is 0 Å². The van der Waals surface area contributed by atoms with E-state index in [0.717, 1.165) is 18.7 Å². The van der Waals surface area contributed by atoms with E-state index in [1.807, 2.05) is 6.07 Å². The van der Waals surface area contributed by atoms with Crippen molar-refractivity contribution in [3.8, 4) is 0 Å². The van der Waals surface area contributed by atoms with Crippen LogP contribution in [0.15, 0.2) is 24.4 Å². The molecule has 0 radical (unpaired) electrons. The number of nitrogens with zero attached hydrogens (tertiary/aromatic N) is 3. The first-order valence-electron chi connectivity index (χ1n) is 6.47. The van der Waals surface area contributed by atoms with Crippen molar-refractivity contribution >= 4 is 17.5 Å². The molecule has 0 spiro atoms. The van der Waals surface area contributed by atoms with Gasteiger partial charge in [0.05, 0.1) is 6.20 Å². The number of hydrogen-bond acceptors (Lipinski definition) is 5. The Balaban J connectivity index is 2.11. The van der Waals surface area contributed by atoms with Crippen LogP contribution in [-0.4, -0.2) is 21.7 Å². The molecule has 1 heterocycles. The van der Waals surface area contributed by atoms with Crippen LogP contribution in [0.2, 0.25) is 0 Å². The van der Waals surface area contributed by atoms with Crippen molar-refractivity contribution in [3.05, 3.63) is 35.5 Å². The highest BCUT2D eigenvalue weighted by Gasteiger charge is 2.01. The SMILES string of the molecule is CCCNc1nncc(Nc2ccc(C)c(C)c2)n1. The van der Waals surface area contributed by atoms with Gasteiger partial charge in [-0.05, 0) is 43.5 Å². The average molecular weight is 257 g/mol. The lowest BCUT2D eigenvalue weighted by molar-refractivity contribution is 0.913. The molecule has 1 aromatic carbocycles. The number of rotatable bonds is 5. The third-order valence-corrected chi connectivity index (χ3v) is 2.87. The molecule has 2 aromatic rings. The third kappa shape index (κ3) is 3.64. The van der Waals surface area contributed by atoms with Gasteiger partial charge in [-0.25, -0.2) is 0 Å². The normalized spacial score (nSPS) is 10.3. The number of aryl methyl sites for hydroxylation is 2. The van der Waals surface area contributed by atoms with Crippen molar-refractivity contribution in [2.45, 2.75) is 27.2 Å². The minimum absolute atomic E-state index is 0.552. The molecule has 0 unspecified atom stereocenters. The van der Waals surface area contributed by atoms with E-state index in [1.165, 1.54) is 11.1 Å². The molecule has 19 heavy (non-hydrogen) atoms. The predicted molar refractivity (Wildman–Crippen MR) is 77.8 cm³/mol. The van der Waals surface area contributed by atoms with E-state index in [-0.39, 0.29) is 0 Å². The Kier molecular flexibility index (Phi) is 4.28. The molecule has 1 aromatic heterocycles. The van der Waals surface area contributed by atoms with Crippen LogP contribution in [0.25, 0.3) is 0 Å². The first kappa shape index (κ1) is 13.3. The molecule has 0 amide bonds. The topological polar surface area (TPSA) is 62.7 Å². The monoisotopic (exact) mass is 257 g/mol. The van der Waals surface area contributed by atoms with Gasteiger partial charge in [0.25, 0.3) is 0 Å². The van der Waals surface area contributed by atoms with Gasteiger partial charge in [0.15, 0.2) is 5.82 Å². The Morgan fingerprint density at radius 2 is 2.00 bits per heavy atom. The van der Waals surface area contributed by atoms with Gasteiger partial charge in [0, 0.05) is 12.2 Å². The fourth-order valence-electron chi connectivity index (χ4n) is 1.64. The van der Waals surface area contributed by atoms with E-state index >= 15 is 0 Å². The molecule has 0 saturated carbocycles. The van der Waals surface area contributed by atoms with Gasteiger partial charge in [0.1, 0.15) is 0 Å². The molecule has 0 aliphatic rings. The van der Waals surface area contributed by atoms with Crippen molar-refractivity contribution < 1.29 is 0 Å². The van der Waals surface area contributed by atoms with Crippen LogP contribution in [0.5, 0.6) is 0 Å². The largest absolute Gasteiger partial charge is 0.353 e. The van der Waals surface area contributed by atoms with Crippen molar-refractivity contribution in [2.24, 2.45) is 0 Å². The van der Waals surface area contributed by atoms with Crippen molar-refractivity contribution in [1.82, 2.24) is 15.2 Å². The van der Waals surface area contributed by atoms with Gasteiger partial charge in [-0.3, -0.25) is 0 Å². The number of anilines is 3. The van der Waals surface area contributed by atoms with Gasteiger partial charge >= 0.3 is 0 Å². The highest BCUT2D eigenvalue weighted by Crippen LogP contribution is 2.18. The lowest BCUT2D eigenvalue weighted by Gasteiger charge is -2.08. The first-order valence-corrected chi connectivity index (χ1v) is 6.47. The first-order chi connectivity index (χ1) is 9.19. The maximum absolute atomic E-state index is 4.36. The Bertz CT molecular complexity index is 553. The molecule has 0 aliphatic heterocycles. The zero-order valence-corrected chi connectivity index (χ0v) is 11.6. The highest BCUT2D eigenvalue weighted by atomic mass is 15.3. The van der Waals surface area contributed by atoms with E-state index in [0.29, 0.717) is 11.8 Å². The second-order valence-electron chi connectivity index (χ2n) is 4.52. The van der Waals surface area contributed by atoms with Crippen LogP contribution < -0.4 is 10.6 Å². The van der Waals surface area contributed by atoms with Gasteiger partial charge < -0.3 is 10.6 Å². The summed E-state index contributed by atoms with van der Waals surface area (Å²) in [6.45, 7) is 7.12. The smallest absolute Gasteiger partial charge is 0.244 e. The summed E-state index contributed by atoms with van der Waals surface area (Å²) in [7, 11) is 0. The molecule has 5 nitrogen and oxygen atoms in total. The Morgan fingerprint density at radius 1 is 1.16 bits per heavy atom. The molecule has 100 valence electrons. The lowest BCUT2D eigenvalue weighted by Crippen LogP contribution is -2.06. The molecule has 0 aliphatic carbocycles. The second kappa shape index (κ2) is 6.13. The number of benzene rings is 1. The van der Waals surface area contributed by atoms with Gasteiger partial charge in [0.2, 0.25) is 5.95 Å². The van der Waals surface area contributed by atoms with Crippen LogP contribution in [0.1, 0.15) is 24.5 Å². The molecule has 0 saturated heterocycles. The summed E-state index contributed by atoms with van der Waals surface area (Å²) in [4.78, 5) is 4.36. The summed E-state index contributed by atoms with van der Waals surface area (Å²) in [5, 5.41) is 14.2. The third-order valence-electron chi connectivity index (χ3n) is 2.87. The number of hydrogen-bond donors (Lipinski definition) is 2. The minimum atomic E-state index is 0.552. The van der Waals surface area contributed by atoms with Crippen molar-refractivity contribution in [2.75, 3.05) is 17.2 Å². The Labute approximate surface area is 113 Å². The van der Waals surface area contributed by atoms with Crippen LogP contribution in [0, 0.1) is 13.8 Å². The maximum Gasteiger partial charge on any atom is 0.244 e. The van der Waals surface area contributed by atoms with E-state index in [1.54, 1.807) is 6.20 Å². The zero-order valence-electron chi connectivity index (χ0n) is 11.6. The van der Waals surface area contributed by atoms with E-state index < -0.39 is 0 Å². The van der Waals surface area contributed by atoms with Crippen LogP contribution in [0.3, 0.4) is 0 Å². The van der Waals surface area contributed by atoms with Crippen LogP contribution in [0.4, 0.5) is 17.5 Å². The standard InChI is InChI=1S/C14H19N5/c1-4-7-15-14-18-13(9-16-19-14)17-12-6-5-10(2)11(3)8-12/h5-6,8-9H,4,7H2,1-3H3,(H2,15,17,18,19). The summed E-state index contributed by atoms with van der Waals surface area (Å²) >= 11 is 0. The summed E-state index contributed by atoms with van der Waals surface area (Å²) < 4.78 is 0. The molecule has 5 heteroatoms. The summed E-state index contributed by atoms with van der Waals surface area (Å²) in [5.41, 5.74) is 3.53. The van der Waals surface area contributed by atoms with Gasteiger partial charge in [-0.15, -0.1) is 5.10 Å². The zero-order chi connectivity index (χ0) is 13.7. The van der Waals surface area contributed by atoms with Crippen LogP contribution >= 0.6 is 0 Å². The van der Waals surface area contributed by atoms with Gasteiger partial charge in [-0.1, -0.05) is 13.0 Å². The average Bonchev–Trinajstić information content (AvgIpc) is 2.41. The second-order valence-corrected chi connectivity index (χ2v) is 4.52. The Hall–Kier alpha value is -2.17. The van der Waals surface area contributed by atoms with E-state index in [2.05, 4.69) is 58.7 Å². The molecular formula is C14H19N5. The number of aromatic nitrogens is 3. The predicted octanol–water partition coefficient (Wildman–Crippen LogP) is 3.05.